The maximum absolute atomic E-state index is 12.4. The molecule has 0 heterocycles. The van der Waals surface area contributed by atoms with Gasteiger partial charge in [-0.05, 0) is 74.7 Å². The van der Waals surface area contributed by atoms with Crippen LogP contribution >= 0.6 is 0 Å². The van der Waals surface area contributed by atoms with Gasteiger partial charge in [-0.25, -0.2) is 9.59 Å². The van der Waals surface area contributed by atoms with E-state index in [9.17, 15) is 9.59 Å². The number of aliphatic hydroxyl groups excluding tert-OH is 1. The second kappa shape index (κ2) is 10.00. The molecule has 0 spiro atoms. The van der Waals surface area contributed by atoms with Crippen LogP contribution in [0.15, 0.2) is 0 Å². The lowest BCUT2D eigenvalue weighted by molar-refractivity contribution is 0.0227. The van der Waals surface area contributed by atoms with Gasteiger partial charge in [0.1, 0.15) is 11.2 Å². The Morgan fingerprint density at radius 2 is 1.42 bits per heavy atom. The zero-order chi connectivity index (χ0) is 20.6. The third-order valence-electron chi connectivity index (χ3n) is 3.33. The van der Waals surface area contributed by atoms with Crippen molar-refractivity contribution in [3.05, 3.63) is 0 Å². The van der Waals surface area contributed by atoms with E-state index in [1.54, 1.807) is 4.90 Å². The summed E-state index contributed by atoms with van der Waals surface area (Å²) < 4.78 is 10.7. The second-order valence-corrected chi connectivity index (χ2v) is 9.16. The molecule has 0 aromatic rings. The van der Waals surface area contributed by atoms with E-state index in [0.717, 1.165) is 0 Å². The van der Waals surface area contributed by atoms with Crippen LogP contribution in [0.5, 0.6) is 0 Å². The predicted molar refractivity (Wildman–Crippen MR) is 102 cm³/mol. The van der Waals surface area contributed by atoms with Crippen LogP contribution in [-0.2, 0) is 9.47 Å². The molecule has 0 aliphatic rings. The fourth-order valence-corrected chi connectivity index (χ4v) is 2.09. The number of carbonyl (C=O) groups is 2. The Morgan fingerprint density at radius 1 is 0.885 bits per heavy atom. The van der Waals surface area contributed by atoms with Gasteiger partial charge in [0.15, 0.2) is 0 Å². The van der Waals surface area contributed by atoms with Gasteiger partial charge in [0, 0.05) is 25.2 Å². The number of nitrogens with zero attached hydrogens (tertiary/aromatic N) is 1. The molecule has 0 aromatic carbocycles. The molecule has 2 N–H and O–H groups in total. The monoisotopic (exact) mass is 374 g/mol. The fraction of sp³-hybridized carbons (Fsp3) is 0.895. The Kier molecular flexibility index (Phi) is 9.42. The lowest BCUT2D eigenvalue weighted by Crippen LogP contribution is -2.48. The van der Waals surface area contributed by atoms with E-state index in [4.69, 9.17) is 14.6 Å². The third-order valence-corrected chi connectivity index (χ3v) is 3.33. The molecule has 0 fully saturated rings. The van der Waals surface area contributed by atoms with E-state index in [0.29, 0.717) is 32.4 Å². The van der Waals surface area contributed by atoms with Crippen molar-refractivity contribution in [2.24, 2.45) is 0 Å². The minimum absolute atomic E-state index is 0.0911. The summed E-state index contributed by atoms with van der Waals surface area (Å²) >= 11 is 0. The third kappa shape index (κ3) is 12.8. The van der Waals surface area contributed by atoms with Crippen molar-refractivity contribution in [3.8, 4) is 0 Å². The maximum atomic E-state index is 12.4. The highest BCUT2D eigenvalue weighted by atomic mass is 16.6. The van der Waals surface area contributed by atoms with Crippen LogP contribution in [0.25, 0.3) is 0 Å². The first kappa shape index (κ1) is 24.5. The number of amides is 2. The average molecular weight is 375 g/mol. The Bertz CT molecular complexity index is 450. The van der Waals surface area contributed by atoms with Gasteiger partial charge in [-0.2, -0.15) is 0 Å². The van der Waals surface area contributed by atoms with Crippen LogP contribution in [0.3, 0.4) is 0 Å². The van der Waals surface area contributed by atoms with Crippen LogP contribution in [0.2, 0.25) is 0 Å². The first-order valence-electron chi connectivity index (χ1n) is 9.25. The van der Waals surface area contributed by atoms with Crippen molar-refractivity contribution < 1.29 is 24.2 Å². The first-order chi connectivity index (χ1) is 11.7. The Balaban J connectivity index is 4.77. The molecule has 0 aliphatic heterocycles. The smallest absolute Gasteiger partial charge is 0.410 e. The SMILES string of the molecule is CC(C)(CCN(CCCCO)C(=O)OC(C)(C)C)NC(=O)OC(C)(C)C. The van der Waals surface area contributed by atoms with Gasteiger partial charge in [-0.1, -0.05) is 0 Å². The molecule has 0 aromatic heterocycles. The van der Waals surface area contributed by atoms with Crippen LogP contribution < -0.4 is 5.32 Å². The molecule has 0 rings (SSSR count). The minimum Gasteiger partial charge on any atom is -0.444 e. The largest absolute Gasteiger partial charge is 0.444 e. The van der Waals surface area contributed by atoms with Crippen molar-refractivity contribution in [3.63, 3.8) is 0 Å². The highest BCUT2D eigenvalue weighted by Gasteiger charge is 2.27. The van der Waals surface area contributed by atoms with Gasteiger partial charge in [-0.15, -0.1) is 0 Å². The van der Waals surface area contributed by atoms with Crippen LogP contribution in [0.4, 0.5) is 9.59 Å². The quantitative estimate of drug-likeness (QED) is 0.633. The number of rotatable bonds is 8. The van der Waals surface area contributed by atoms with Crippen LogP contribution in [-0.4, -0.2) is 58.6 Å². The number of nitrogens with one attached hydrogen (secondary N) is 1. The number of unbranched alkanes of at least 4 members (excludes halogenated alkanes) is 1. The lowest BCUT2D eigenvalue weighted by atomic mass is 10.0. The molecule has 0 unspecified atom stereocenters. The molecular weight excluding hydrogens is 336 g/mol. The van der Waals surface area contributed by atoms with Crippen LogP contribution in [0, 0.1) is 0 Å². The number of hydrogen-bond donors (Lipinski definition) is 2. The van der Waals surface area contributed by atoms with E-state index in [1.807, 2.05) is 55.4 Å². The average Bonchev–Trinajstić information content (AvgIpc) is 2.37. The van der Waals surface area contributed by atoms with E-state index >= 15 is 0 Å². The summed E-state index contributed by atoms with van der Waals surface area (Å²) in [5.74, 6) is 0. The standard InChI is InChI=1S/C19H38N2O5/c1-17(2,3)25-15(23)20-19(7,8)11-13-21(12-9-10-14-22)16(24)26-18(4,5)6/h22H,9-14H2,1-8H3,(H,20,23). The molecule has 0 bridgehead atoms. The molecule has 0 atom stereocenters. The molecule has 7 nitrogen and oxygen atoms in total. The molecule has 26 heavy (non-hydrogen) atoms. The van der Waals surface area contributed by atoms with Crippen molar-refractivity contribution in [1.29, 1.82) is 0 Å². The first-order valence-corrected chi connectivity index (χ1v) is 9.25. The summed E-state index contributed by atoms with van der Waals surface area (Å²) in [6.07, 6.45) is 0.995. The summed E-state index contributed by atoms with van der Waals surface area (Å²) in [7, 11) is 0. The summed E-state index contributed by atoms with van der Waals surface area (Å²) in [5, 5.41) is 11.8. The number of aliphatic hydroxyl groups is 1. The van der Waals surface area contributed by atoms with Crippen molar-refractivity contribution >= 4 is 12.2 Å². The van der Waals surface area contributed by atoms with Crippen LogP contribution in [0.1, 0.15) is 74.7 Å². The van der Waals surface area contributed by atoms with Crippen molar-refractivity contribution in [2.45, 2.75) is 91.4 Å². The zero-order valence-electron chi connectivity index (χ0n) is 17.8. The van der Waals surface area contributed by atoms with E-state index in [2.05, 4.69) is 5.32 Å². The summed E-state index contributed by atoms with van der Waals surface area (Å²) in [4.78, 5) is 26.0. The van der Waals surface area contributed by atoms with Gasteiger partial charge >= 0.3 is 12.2 Å². The van der Waals surface area contributed by atoms with Gasteiger partial charge in [0.25, 0.3) is 0 Å². The van der Waals surface area contributed by atoms with E-state index < -0.39 is 22.8 Å². The Hall–Kier alpha value is -1.50. The van der Waals surface area contributed by atoms with Gasteiger partial charge < -0.3 is 24.8 Å². The predicted octanol–water partition coefficient (Wildman–Crippen LogP) is 3.69. The van der Waals surface area contributed by atoms with Gasteiger partial charge in [0.2, 0.25) is 0 Å². The Morgan fingerprint density at radius 3 is 1.88 bits per heavy atom. The minimum atomic E-state index is -0.573. The number of alkyl carbamates (subject to hydrolysis) is 1. The topological polar surface area (TPSA) is 88.1 Å². The zero-order valence-corrected chi connectivity index (χ0v) is 17.8. The molecule has 0 aliphatic carbocycles. The second-order valence-electron chi connectivity index (χ2n) is 9.16. The summed E-state index contributed by atoms with van der Waals surface area (Å²) in [6, 6.07) is 0. The van der Waals surface area contributed by atoms with Crippen molar-refractivity contribution in [1.82, 2.24) is 10.2 Å². The van der Waals surface area contributed by atoms with Crippen molar-refractivity contribution in [2.75, 3.05) is 19.7 Å². The molecule has 2 amide bonds. The molecule has 154 valence electrons. The molecule has 7 heteroatoms. The van der Waals surface area contributed by atoms with Gasteiger partial charge in [0.05, 0.1) is 0 Å². The fourth-order valence-electron chi connectivity index (χ4n) is 2.09. The highest BCUT2D eigenvalue weighted by molar-refractivity contribution is 5.69. The molecular formula is C19H38N2O5. The normalized spacial score (nSPS) is 12.5. The summed E-state index contributed by atoms with van der Waals surface area (Å²) in [6.45, 7) is 15.7. The number of carbonyl (C=O) groups excluding carboxylic acids is 2. The Labute approximate surface area is 158 Å². The molecule has 0 radical (unpaired) electrons. The maximum Gasteiger partial charge on any atom is 0.410 e. The number of hydrogen-bond acceptors (Lipinski definition) is 5. The summed E-state index contributed by atoms with van der Waals surface area (Å²) in [5.41, 5.74) is -1.68. The lowest BCUT2D eigenvalue weighted by Gasteiger charge is -2.32. The molecule has 0 saturated heterocycles. The number of ether oxygens (including phenoxy) is 2. The molecule has 0 saturated carbocycles. The highest BCUT2D eigenvalue weighted by Crippen LogP contribution is 2.16. The van der Waals surface area contributed by atoms with E-state index in [-0.39, 0.29) is 12.7 Å². The van der Waals surface area contributed by atoms with Gasteiger partial charge in [-0.3, -0.25) is 0 Å². The van der Waals surface area contributed by atoms with E-state index in [1.165, 1.54) is 0 Å².